The van der Waals surface area contributed by atoms with E-state index < -0.39 is 0 Å². The normalized spacial score (nSPS) is 10.2. The Hall–Kier alpha value is -2.74. The van der Waals surface area contributed by atoms with Crippen LogP contribution in [-0.4, -0.2) is 15.8 Å². The van der Waals surface area contributed by atoms with Crippen molar-refractivity contribution < 1.29 is 4.79 Å². The molecule has 0 bridgehead atoms. The standard InChI is InChI=1S/C18H9Cl2N3O/c19-12-5-6-13(17-11(8-21)9-22-10-23-17)15(7-12)18(24)14-3-1-2-4-16(14)20/h1-7,9-10H. The predicted molar refractivity (Wildman–Crippen MR) is 92.1 cm³/mol. The van der Waals surface area contributed by atoms with E-state index >= 15 is 0 Å². The molecule has 0 saturated carbocycles. The molecule has 6 heteroatoms. The molecule has 0 aliphatic heterocycles. The third-order valence-corrected chi connectivity index (χ3v) is 4.00. The highest BCUT2D eigenvalue weighted by molar-refractivity contribution is 6.35. The molecule has 4 nitrogen and oxygen atoms in total. The van der Waals surface area contributed by atoms with Gasteiger partial charge in [0.25, 0.3) is 0 Å². The maximum Gasteiger partial charge on any atom is 0.195 e. The van der Waals surface area contributed by atoms with Gasteiger partial charge in [0, 0.05) is 27.9 Å². The molecule has 0 fully saturated rings. The van der Waals surface area contributed by atoms with E-state index in [4.69, 9.17) is 23.2 Å². The molecule has 3 aromatic rings. The zero-order valence-corrected chi connectivity index (χ0v) is 13.7. The van der Waals surface area contributed by atoms with Crippen LogP contribution >= 0.6 is 23.2 Å². The lowest BCUT2D eigenvalue weighted by atomic mass is 9.95. The maximum absolute atomic E-state index is 12.9. The second-order valence-corrected chi connectivity index (χ2v) is 5.74. The van der Waals surface area contributed by atoms with Crippen LogP contribution in [0.3, 0.4) is 0 Å². The van der Waals surface area contributed by atoms with Gasteiger partial charge in [-0.05, 0) is 24.3 Å². The van der Waals surface area contributed by atoms with Crippen molar-refractivity contribution in [3.05, 3.63) is 81.7 Å². The van der Waals surface area contributed by atoms with E-state index in [1.165, 1.54) is 12.5 Å². The van der Waals surface area contributed by atoms with E-state index in [-0.39, 0.29) is 11.3 Å². The van der Waals surface area contributed by atoms with Gasteiger partial charge in [-0.25, -0.2) is 9.97 Å². The molecule has 0 amide bonds. The summed E-state index contributed by atoms with van der Waals surface area (Å²) < 4.78 is 0. The molecule has 1 aromatic heterocycles. The van der Waals surface area contributed by atoms with Gasteiger partial charge in [-0.3, -0.25) is 4.79 Å². The van der Waals surface area contributed by atoms with Crippen molar-refractivity contribution in [1.82, 2.24) is 9.97 Å². The number of ketones is 1. The van der Waals surface area contributed by atoms with Crippen LogP contribution in [0.5, 0.6) is 0 Å². The minimum atomic E-state index is -0.291. The van der Waals surface area contributed by atoms with Gasteiger partial charge in [-0.15, -0.1) is 0 Å². The number of aromatic nitrogens is 2. The number of halogens is 2. The molecule has 2 aromatic carbocycles. The number of carbonyl (C=O) groups is 1. The molecular formula is C18H9Cl2N3O. The molecule has 0 aliphatic rings. The quantitative estimate of drug-likeness (QED) is 0.647. The molecule has 0 N–H and O–H groups in total. The summed E-state index contributed by atoms with van der Waals surface area (Å²) in [5, 5.41) is 10.0. The lowest BCUT2D eigenvalue weighted by Crippen LogP contribution is -2.06. The molecule has 1 heterocycles. The van der Waals surface area contributed by atoms with Crippen molar-refractivity contribution in [3.8, 4) is 17.3 Å². The number of benzene rings is 2. The van der Waals surface area contributed by atoms with E-state index in [9.17, 15) is 10.1 Å². The van der Waals surface area contributed by atoms with E-state index in [0.29, 0.717) is 32.4 Å². The van der Waals surface area contributed by atoms with Crippen molar-refractivity contribution in [3.63, 3.8) is 0 Å². The third-order valence-electron chi connectivity index (χ3n) is 3.43. The van der Waals surface area contributed by atoms with Crippen molar-refractivity contribution >= 4 is 29.0 Å². The second kappa shape index (κ2) is 6.79. The van der Waals surface area contributed by atoms with E-state index in [1.807, 2.05) is 6.07 Å². The molecule has 116 valence electrons. The molecule has 24 heavy (non-hydrogen) atoms. The van der Waals surface area contributed by atoms with Crippen LogP contribution in [0, 0.1) is 11.3 Å². The summed E-state index contributed by atoms with van der Waals surface area (Å²) in [7, 11) is 0. The van der Waals surface area contributed by atoms with Gasteiger partial charge in [0.1, 0.15) is 12.4 Å². The van der Waals surface area contributed by atoms with Gasteiger partial charge < -0.3 is 0 Å². The molecule has 0 unspecified atom stereocenters. The third kappa shape index (κ3) is 3.00. The Labute approximate surface area is 148 Å². The zero-order valence-electron chi connectivity index (χ0n) is 12.2. The number of nitrogens with zero attached hydrogens (tertiary/aromatic N) is 3. The first-order valence-corrected chi connectivity index (χ1v) is 7.66. The van der Waals surface area contributed by atoms with E-state index in [2.05, 4.69) is 9.97 Å². The fraction of sp³-hybridized carbons (Fsp3) is 0. The van der Waals surface area contributed by atoms with Gasteiger partial charge in [-0.1, -0.05) is 41.4 Å². The number of rotatable bonds is 3. The highest BCUT2D eigenvalue weighted by Crippen LogP contribution is 2.30. The first kappa shape index (κ1) is 16.1. The molecule has 0 radical (unpaired) electrons. The lowest BCUT2D eigenvalue weighted by Gasteiger charge is -2.11. The predicted octanol–water partition coefficient (Wildman–Crippen LogP) is 4.55. The number of nitriles is 1. The smallest absolute Gasteiger partial charge is 0.195 e. The van der Waals surface area contributed by atoms with Crippen LogP contribution in [0.25, 0.3) is 11.3 Å². The minimum Gasteiger partial charge on any atom is -0.289 e. The number of hydrogen-bond donors (Lipinski definition) is 0. The molecule has 3 rings (SSSR count). The maximum atomic E-state index is 12.9. The Morgan fingerprint density at radius 3 is 2.62 bits per heavy atom. The van der Waals surface area contributed by atoms with Crippen molar-refractivity contribution in [1.29, 1.82) is 5.26 Å². The topological polar surface area (TPSA) is 66.6 Å². The fourth-order valence-electron chi connectivity index (χ4n) is 2.33. The Morgan fingerprint density at radius 1 is 1.08 bits per heavy atom. The molecule has 0 atom stereocenters. The van der Waals surface area contributed by atoms with E-state index in [0.717, 1.165) is 0 Å². The molecule has 0 saturated heterocycles. The number of carbonyl (C=O) groups excluding carboxylic acids is 1. The van der Waals surface area contributed by atoms with Crippen LogP contribution in [0.2, 0.25) is 10.0 Å². The summed E-state index contributed by atoms with van der Waals surface area (Å²) in [6, 6.07) is 13.6. The number of hydrogen-bond acceptors (Lipinski definition) is 4. The fourth-order valence-corrected chi connectivity index (χ4v) is 2.72. The summed E-state index contributed by atoms with van der Waals surface area (Å²) >= 11 is 12.2. The average molecular weight is 354 g/mol. The van der Waals surface area contributed by atoms with Crippen molar-refractivity contribution in [2.75, 3.05) is 0 Å². The van der Waals surface area contributed by atoms with Crippen LogP contribution in [0.1, 0.15) is 21.5 Å². The zero-order chi connectivity index (χ0) is 17.1. The summed E-state index contributed by atoms with van der Waals surface area (Å²) in [6.45, 7) is 0. The summed E-state index contributed by atoms with van der Waals surface area (Å²) in [5.41, 5.74) is 1.83. The summed E-state index contributed by atoms with van der Waals surface area (Å²) in [6.07, 6.45) is 2.73. The first-order valence-electron chi connectivity index (χ1n) is 6.91. The van der Waals surface area contributed by atoms with Crippen LogP contribution < -0.4 is 0 Å². The van der Waals surface area contributed by atoms with Gasteiger partial charge in [0.2, 0.25) is 0 Å². The van der Waals surface area contributed by atoms with E-state index in [1.54, 1.807) is 42.5 Å². The monoisotopic (exact) mass is 353 g/mol. The van der Waals surface area contributed by atoms with Crippen LogP contribution in [0.15, 0.2) is 55.0 Å². The molecular weight excluding hydrogens is 345 g/mol. The highest BCUT2D eigenvalue weighted by atomic mass is 35.5. The Balaban J connectivity index is 2.23. The van der Waals surface area contributed by atoms with Crippen molar-refractivity contribution in [2.24, 2.45) is 0 Å². The second-order valence-electron chi connectivity index (χ2n) is 4.90. The molecule has 0 aliphatic carbocycles. The Kier molecular flexibility index (Phi) is 4.57. The highest BCUT2D eigenvalue weighted by Gasteiger charge is 2.20. The van der Waals surface area contributed by atoms with Crippen LogP contribution in [0.4, 0.5) is 0 Å². The Morgan fingerprint density at radius 2 is 1.88 bits per heavy atom. The SMILES string of the molecule is N#Cc1cncnc1-c1ccc(Cl)cc1C(=O)c1ccccc1Cl. The first-order chi connectivity index (χ1) is 11.6. The van der Waals surface area contributed by atoms with Gasteiger partial charge in [0.15, 0.2) is 5.78 Å². The average Bonchev–Trinajstić information content (AvgIpc) is 2.61. The Bertz CT molecular complexity index is 980. The van der Waals surface area contributed by atoms with Gasteiger partial charge in [-0.2, -0.15) is 5.26 Å². The van der Waals surface area contributed by atoms with Crippen molar-refractivity contribution in [2.45, 2.75) is 0 Å². The largest absolute Gasteiger partial charge is 0.289 e. The summed E-state index contributed by atoms with van der Waals surface area (Å²) in [4.78, 5) is 20.9. The summed E-state index contributed by atoms with van der Waals surface area (Å²) in [5.74, 6) is -0.291. The van der Waals surface area contributed by atoms with Gasteiger partial charge in [0.05, 0.1) is 16.3 Å². The van der Waals surface area contributed by atoms with Crippen LogP contribution in [-0.2, 0) is 0 Å². The lowest BCUT2D eigenvalue weighted by molar-refractivity contribution is 0.103. The molecule has 0 spiro atoms. The van der Waals surface area contributed by atoms with Gasteiger partial charge >= 0.3 is 0 Å². The minimum absolute atomic E-state index is 0.271.